The molecule has 0 unspecified atom stereocenters. The number of aromatic amines is 1. The minimum atomic E-state index is -0.0602. The zero-order valence-electron chi connectivity index (χ0n) is 25.0. The number of rotatable bonds is 6. The number of fused-ring (bicyclic) bond motifs is 1. The summed E-state index contributed by atoms with van der Waals surface area (Å²) in [5.74, 6) is 1.69. The van der Waals surface area contributed by atoms with Crippen LogP contribution in [-0.4, -0.2) is 93.7 Å². The van der Waals surface area contributed by atoms with Crippen LogP contribution in [0.15, 0.2) is 31.1 Å². The van der Waals surface area contributed by atoms with Crippen molar-refractivity contribution < 1.29 is 9.53 Å². The average molecular weight is 592 g/mol. The van der Waals surface area contributed by atoms with Crippen molar-refractivity contribution in [2.75, 3.05) is 57.4 Å². The van der Waals surface area contributed by atoms with Gasteiger partial charge in [0.2, 0.25) is 5.91 Å². The minimum Gasteiger partial charge on any atom is -0.379 e. The van der Waals surface area contributed by atoms with Crippen LogP contribution in [0.25, 0.3) is 22.0 Å². The van der Waals surface area contributed by atoms with Crippen molar-refractivity contribution in [1.82, 2.24) is 29.8 Å². The second kappa shape index (κ2) is 10.4. The van der Waals surface area contributed by atoms with Crippen molar-refractivity contribution in [2.24, 2.45) is 11.3 Å². The molecule has 7 rings (SSSR count). The molecule has 9 nitrogen and oxygen atoms in total. The molecule has 0 radical (unpaired) electrons. The summed E-state index contributed by atoms with van der Waals surface area (Å²) in [6.45, 7) is 17.9. The number of nitrogens with one attached hydrogen (secondary N) is 1. The molecule has 2 aromatic heterocycles. The predicted molar refractivity (Wildman–Crippen MR) is 166 cm³/mol. The maximum Gasteiger partial charge on any atom is 0.245 e. The molecule has 1 N–H and O–H groups in total. The number of hydrogen-bond donors (Lipinski definition) is 1. The Balaban J connectivity index is 1.20. The first-order valence-corrected chi connectivity index (χ1v) is 15.7. The zero-order valence-corrected chi connectivity index (χ0v) is 25.8. The Morgan fingerprint density at radius 1 is 1.21 bits per heavy atom. The number of nitrogens with zero attached hydrogens (tertiary/aromatic N) is 6. The molecule has 1 atom stereocenters. The van der Waals surface area contributed by atoms with Crippen molar-refractivity contribution in [1.29, 1.82) is 0 Å². The first-order valence-electron chi connectivity index (χ1n) is 15.4. The summed E-state index contributed by atoms with van der Waals surface area (Å²) in [5, 5.41) is 14.6. The van der Waals surface area contributed by atoms with E-state index in [1.165, 1.54) is 6.08 Å². The molecule has 10 heteroatoms. The van der Waals surface area contributed by atoms with Crippen molar-refractivity contribution in [3.63, 3.8) is 0 Å². The molecule has 4 fully saturated rings. The number of amides is 1. The van der Waals surface area contributed by atoms with Crippen molar-refractivity contribution in [3.05, 3.63) is 41.7 Å². The third kappa shape index (κ3) is 4.74. The number of benzene rings is 1. The Kier molecular flexibility index (Phi) is 6.90. The molecule has 1 spiro atoms. The lowest BCUT2D eigenvalue weighted by molar-refractivity contribution is -0.149. The molecule has 4 aliphatic rings. The van der Waals surface area contributed by atoms with E-state index in [4.69, 9.17) is 21.4 Å². The second-order valence-electron chi connectivity index (χ2n) is 13.8. The van der Waals surface area contributed by atoms with E-state index >= 15 is 0 Å². The van der Waals surface area contributed by atoms with Gasteiger partial charge in [0.25, 0.3) is 0 Å². The normalized spacial score (nSPS) is 24.1. The van der Waals surface area contributed by atoms with Gasteiger partial charge in [0.05, 0.1) is 36.0 Å². The SMILES string of the molecule is C=CC(=O)N1CC2(CC(n3cc(-c4c(Cl)c(C)cc5[nH]ncc45)c(N4CC[C@@H](CN5CCOCC5)CC4(C)C)n3)C2)C1. The summed E-state index contributed by atoms with van der Waals surface area (Å²) >= 11 is 7.09. The summed E-state index contributed by atoms with van der Waals surface area (Å²) in [6.07, 6.45) is 9.83. The molecule has 3 saturated heterocycles. The van der Waals surface area contributed by atoms with Crippen molar-refractivity contribution >= 4 is 34.2 Å². The number of morpholine rings is 1. The van der Waals surface area contributed by atoms with Gasteiger partial charge in [-0.2, -0.15) is 10.2 Å². The number of likely N-dealkylation sites (tertiary alicyclic amines) is 1. The largest absolute Gasteiger partial charge is 0.379 e. The minimum absolute atomic E-state index is 0.0326. The van der Waals surface area contributed by atoms with E-state index in [0.29, 0.717) is 12.0 Å². The number of aryl methyl sites for hydroxylation is 1. The van der Waals surface area contributed by atoms with Crippen LogP contribution in [0, 0.1) is 18.3 Å². The first kappa shape index (κ1) is 27.9. The fourth-order valence-corrected chi connectivity index (χ4v) is 8.33. The van der Waals surface area contributed by atoms with E-state index in [2.05, 4.69) is 64.3 Å². The summed E-state index contributed by atoms with van der Waals surface area (Å²) in [7, 11) is 0. The molecular formula is C32H42ClN7O2. The van der Waals surface area contributed by atoms with Gasteiger partial charge in [0.1, 0.15) is 0 Å². The van der Waals surface area contributed by atoms with Gasteiger partial charge in [-0.1, -0.05) is 18.2 Å². The van der Waals surface area contributed by atoms with Gasteiger partial charge < -0.3 is 14.5 Å². The van der Waals surface area contributed by atoms with E-state index < -0.39 is 0 Å². The summed E-state index contributed by atoms with van der Waals surface area (Å²) in [6, 6.07) is 2.38. The van der Waals surface area contributed by atoms with Gasteiger partial charge in [-0.25, -0.2) is 0 Å². The predicted octanol–water partition coefficient (Wildman–Crippen LogP) is 5.06. The second-order valence-corrected chi connectivity index (χ2v) is 14.1. The number of anilines is 1. The van der Waals surface area contributed by atoms with Crippen molar-refractivity contribution in [2.45, 2.75) is 58.0 Å². The van der Waals surface area contributed by atoms with Gasteiger partial charge in [-0.05, 0) is 70.1 Å². The van der Waals surface area contributed by atoms with Gasteiger partial charge in [0, 0.05) is 72.9 Å². The highest BCUT2D eigenvalue weighted by molar-refractivity contribution is 6.36. The number of H-pyrrole nitrogens is 1. The third-order valence-electron chi connectivity index (χ3n) is 10.3. The monoisotopic (exact) mass is 591 g/mol. The Bertz CT molecular complexity index is 1510. The first-order chi connectivity index (χ1) is 20.2. The highest BCUT2D eigenvalue weighted by Gasteiger charge is 2.54. The van der Waals surface area contributed by atoms with Crippen LogP contribution in [0.3, 0.4) is 0 Å². The molecule has 3 aromatic rings. The van der Waals surface area contributed by atoms with Gasteiger partial charge in [0.15, 0.2) is 5.82 Å². The lowest BCUT2D eigenvalue weighted by atomic mass is 9.60. The van der Waals surface area contributed by atoms with Crippen LogP contribution in [-0.2, 0) is 9.53 Å². The molecule has 3 aliphatic heterocycles. The van der Waals surface area contributed by atoms with Gasteiger partial charge in [-0.3, -0.25) is 19.5 Å². The van der Waals surface area contributed by atoms with Crippen LogP contribution < -0.4 is 4.90 Å². The Morgan fingerprint density at radius 3 is 2.69 bits per heavy atom. The number of aromatic nitrogens is 4. The highest BCUT2D eigenvalue weighted by atomic mass is 35.5. The molecule has 1 aliphatic carbocycles. The number of piperidine rings is 1. The fourth-order valence-electron chi connectivity index (χ4n) is 8.07. The van der Waals surface area contributed by atoms with Gasteiger partial charge in [-0.15, -0.1) is 0 Å². The van der Waals surface area contributed by atoms with Crippen LogP contribution in [0.5, 0.6) is 0 Å². The maximum atomic E-state index is 12.0. The topological polar surface area (TPSA) is 82.5 Å². The van der Waals surface area contributed by atoms with Crippen LogP contribution in [0.4, 0.5) is 5.82 Å². The zero-order chi connectivity index (χ0) is 29.2. The quantitative estimate of drug-likeness (QED) is 0.403. The third-order valence-corrected chi connectivity index (χ3v) is 10.7. The Hall–Kier alpha value is -2.88. The van der Waals surface area contributed by atoms with Crippen molar-refractivity contribution in [3.8, 4) is 11.1 Å². The van der Waals surface area contributed by atoms with Gasteiger partial charge >= 0.3 is 0 Å². The molecule has 1 aromatic carbocycles. The summed E-state index contributed by atoms with van der Waals surface area (Å²) in [4.78, 5) is 19.0. The molecule has 5 heterocycles. The summed E-state index contributed by atoms with van der Waals surface area (Å²) in [5.41, 5.74) is 4.25. The smallest absolute Gasteiger partial charge is 0.245 e. The molecule has 1 saturated carbocycles. The maximum absolute atomic E-state index is 12.0. The van der Waals surface area contributed by atoms with E-state index in [1.54, 1.807) is 0 Å². The molecular weight excluding hydrogens is 550 g/mol. The number of hydrogen-bond acceptors (Lipinski definition) is 6. The number of halogens is 1. The van der Waals surface area contributed by atoms with E-state index in [9.17, 15) is 4.79 Å². The highest BCUT2D eigenvalue weighted by Crippen LogP contribution is 2.55. The van der Waals surface area contributed by atoms with E-state index in [-0.39, 0.29) is 16.9 Å². The van der Waals surface area contributed by atoms with Crippen LogP contribution >= 0.6 is 11.6 Å². The lowest BCUT2D eigenvalue weighted by Crippen LogP contribution is -2.63. The Morgan fingerprint density at radius 2 is 1.98 bits per heavy atom. The van der Waals surface area contributed by atoms with E-state index in [1.807, 2.05) is 11.1 Å². The van der Waals surface area contributed by atoms with Crippen LogP contribution in [0.2, 0.25) is 5.02 Å². The standard InChI is InChI=1S/C32H42ClN7O2/c1-5-27(41)38-19-32(20-38)14-23(15-32)40-18-25(28-24-16-34-35-26(24)12-21(2)29(28)33)30(36-40)39-7-6-22(13-31(39,3)4)17-37-8-10-42-11-9-37/h5,12,16,18,22-23H,1,6-11,13-15,17,19-20H2,2-4H3,(H,34,35)/t22-/m1/s1. The molecule has 42 heavy (non-hydrogen) atoms. The Labute approximate surface area is 252 Å². The van der Waals surface area contributed by atoms with Crippen LogP contribution in [0.1, 0.15) is 51.1 Å². The average Bonchev–Trinajstić information content (AvgIpc) is 3.55. The van der Waals surface area contributed by atoms with E-state index in [0.717, 1.165) is 117 Å². The number of ether oxygens (including phenoxy) is 1. The summed E-state index contributed by atoms with van der Waals surface area (Å²) < 4.78 is 7.77. The number of carbonyl (C=O) groups is 1. The molecule has 0 bridgehead atoms. The fraction of sp³-hybridized carbons (Fsp3) is 0.594. The molecule has 1 amide bonds. The number of carbonyl (C=O) groups excluding carboxylic acids is 1. The molecule has 224 valence electrons. The lowest BCUT2D eigenvalue weighted by Gasteiger charge is -2.58.